The Balaban J connectivity index is 1.63. The van der Waals surface area contributed by atoms with Gasteiger partial charge in [0.1, 0.15) is 11.6 Å². The lowest BCUT2D eigenvalue weighted by atomic mass is 10.1. The van der Waals surface area contributed by atoms with Crippen molar-refractivity contribution in [2.45, 2.75) is 30.5 Å². The maximum atomic E-state index is 12.5. The van der Waals surface area contributed by atoms with E-state index in [9.17, 15) is 4.79 Å². The Labute approximate surface area is 163 Å². The van der Waals surface area contributed by atoms with E-state index in [4.69, 9.17) is 4.74 Å². The van der Waals surface area contributed by atoms with Crippen molar-refractivity contribution in [1.29, 1.82) is 0 Å². The normalized spacial score (nSPS) is 11.8. The molecule has 5 nitrogen and oxygen atoms in total. The topological polar surface area (TPSA) is 56.1 Å². The fourth-order valence-electron chi connectivity index (χ4n) is 2.77. The maximum Gasteiger partial charge on any atom is 0.233 e. The van der Waals surface area contributed by atoms with E-state index in [1.807, 2.05) is 73.1 Å². The first-order chi connectivity index (χ1) is 13.1. The van der Waals surface area contributed by atoms with Crippen LogP contribution < -0.4 is 10.1 Å². The third-order valence-electron chi connectivity index (χ3n) is 4.27. The Hall–Kier alpha value is -2.73. The number of benzene rings is 2. The first-order valence-electron chi connectivity index (χ1n) is 8.75. The first kappa shape index (κ1) is 19.0. The number of hydrogen-bond donors (Lipinski definition) is 1. The van der Waals surface area contributed by atoms with Gasteiger partial charge in [0, 0.05) is 23.8 Å². The monoisotopic (exact) mass is 381 g/mol. The number of amides is 1. The standard InChI is InChI=1S/C21H23N3O2S/c1-15(27-19-10-8-18(26-3)9-11-19)21(25)23-14-17-6-4-5-7-20(17)24-13-12-22-16(24)2/h4-13,15H,14H2,1-3H3,(H,23,25). The van der Waals surface area contributed by atoms with E-state index in [-0.39, 0.29) is 11.2 Å². The van der Waals surface area contributed by atoms with Crippen molar-refractivity contribution in [1.82, 2.24) is 14.9 Å². The van der Waals surface area contributed by atoms with E-state index in [1.165, 1.54) is 11.8 Å². The van der Waals surface area contributed by atoms with Crippen LogP contribution >= 0.6 is 11.8 Å². The summed E-state index contributed by atoms with van der Waals surface area (Å²) in [5.74, 6) is 1.73. The van der Waals surface area contributed by atoms with Gasteiger partial charge >= 0.3 is 0 Å². The molecule has 0 bridgehead atoms. The van der Waals surface area contributed by atoms with Gasteiger partial charge in [-0.05, 0) is 49.7 Å². The van der Waals surface area contributed by atoms with E-state index in [2.05, 4.69) is 10.3 Å². The third-order valence-corrected chi connectivity index (χ3v) is 5.38. The van der Waals surface area contributed by atoms with E-state index in [1.54, 1.807) is 13.3 Å². The van der Waals surface area contributed by atoms with E-state index >= 15 is 0 Å². The van der Waals surface area contributed by atoms with Crippen LogP contribution in [0, 0.1) is 6.92 Å². The summed E-state index contributed by atoms with van der Waals surface area (Å²) < 4.78 is 7.19. The Morgan fingerprint density at radius 3 is 2.63 bits per heavy atom. The van der Waals surface area contributed by atoms with Crippen LogP contribution in [0.5, 0.6) is 5.75 Å². The molecule has 3 aromatic rings. The summed E-state index contributed by atoms with van der Waals surface area (Å²) in [5.41, 5.74) is 2.08. The molecule has 0 radical (unpaired) electrons. The SMILES string of the molecule is COc1ccc(SC(C)C(=O)NCc2ccccc2-n2ccnc2C)cc1. The van der Waals surface area contributed by atoms with Gasteiger partial charge in [-0.3, -0.25) is 4.79 Å². The van der Waals surface area contributed by atoms with Crippen LogP contribution in [0.2, 0.25) is 0 Å². The summed E-state index contributed by atoms with van der Waals surface area (Å²) >= 11 is 1.53. The number of aryl methyl sites for hydroxylation is 1. The summed E-state index contributed by atoms with van der Waals surface area (Å²) in [6.45, 7) is 4.35. The van der Waals surface area contributed by atoms with Crippen LogP contribution in [-0.4, -0.2) is 27.8 Å². The van der Waals surface area contributed by atoms with Crippen LogP contribution in [-0.2, 0) is 11.3 Å². The minimum Gasteiger partial charge on any atom is -0.497 e. The van der Waals surface area contributed by atoms with Crippen molar-refractivity contribution in [2.75, 3.05) is 7.11 Å². The van der Waals surface area contributed by atoms with Crippen molar-refractivity contribution in [2.24, 2.45) is 0 Å². The number of thioether (sulfide) groups is 1. The predicted octanol–water partition coefficient (Wildman–Crippen LogP) is 3.99. The molecule has 27 heavy (non-hydrogen) atoms. The Bertz CT molecular complexity index is 906. The molecule has 0 aliphatic heterocycles. The second kappa shape index (κ2) is 8.77. The number of rotatable bonds is 7. The summed E-state index contributed by atoms with van der Waals surface area (Å²) in [7, 11) is 1.64. The molecule has 1 aromatic heterocycles. The molecule has 6 heteroatoms. The van der Waals surface area contributed by atoms with Crippen molar-refractivity contribution in [3.63, 3.8) is 0 Å². The minimum absolute atomic E-state index is 0.00738. The molecule has 1 heterocycles. The second-order valence-electron chi connectivity index (χ2n) is 6.13. The summed E-state index contributed by atoms with van der Waals surface area (Å²) in [6, 6.07) is 15.7. The zero-order valence-corrected chi connectivity index (χ0v) is 16.5. The third kappa shape index (κ3) is 4.71. The quantitative estimate of drug-likeness (QED) is 0.629. The van der Waals surface area contributed by atoms with Gasteiger partial charge in [0.25, 0.3) is 0 Å². The summed E-state index contributed by atoms with van der Waals surface area (Å²) in [6.07, 6.45) is 3.70. The number of nitrogens with zero attached hydrogens (tertiary/aromatic N) is 2. The summed E-state index contributed by atoms with van der Waals surface area (Å²) in [5, 5.41) is 2.85. The highest BCUT2D eigenvalue weighted by Crippen LogP contribution is 2.25. The molecule has 2 aromatic carbocycles. The lowest BCUT2D eigenvalue weighted by molar-refractivity contribution is -0.120. The van der Waals surface area contributed by atoms with Crippen molar-refractivity contribution >= 4 is 17.7 Å². The van der Waals surface area contributed by atoms with Gasteiger partial charge in [-0.2, -0.15) is 0 Å². The highest BCUT2D eigenvalue weighted by atomic mass is 32.2. The van der Waals surface area contributed by atoms with E-state index in [0.717, 1.165) is 27.7 Å². The largest absolute Gasteiger partial charge is 0.497 e. The van der Waals surface area contributed by atoms with Gasteiger partial charge in [0.05, 0.1) is 18.0 Å². The van der Waals surface area contributed by atoms with Crippen LogP contribution in [0.1, 0.15) is 18.3 Å². The number of para-hydroxylation sites is 1. The molecule has 1 N–H and O–H groups in total. The van der Waals surface area contributed by atoms with Crippen molar-refractivity contribution in [3.05, 3.63) is 72.3 Å². The minimum atomic E-state index is -0.194. The molecule has 0 aliphatic carbocycles. The molecule has 0 saturated carbocycles. The number of aromatic nitrogens is 2. The smallest absolute Gasteiger partial charge is 0.233 e. The number of carbonyl (C=O) groups is 1. The fraction of sp³-hybridized carbons (Fsp3) is 0.238. The van der Waals surface area contributed by atoms with E-state index < -0.39 is 0 Å². The molecule has 0 spiro atoms. The van der Waals surface area contributed by atoms with Gasteiger partial charge in [-0.25, -0.2) is 4.98 Å². The molecule has 140 valence electrons. The summed E-state index contributed by atoms with van der Waals surface area (Å²) in [4.78, 5) is 17.8. The molecule has 0 fully saturated rings. The number of nitrogens with one attached hydrogen (secondary N) is 1. The van der Waals surface area contributed by atoms with Gasteiger partial charge in [-0.15, -0.1) is 11.8 Å². The first-order valence-corrected chi connectivity index (χ1v) is 9.63. The zero-order valence-electron chi connectivity index (χ0n) is 15.7. The molecular weight excluding hydrogens is 358 g/mol. The lowest BCUT2D eigenvalue weighted by Crippen LogP contribution is -2.30. The Kier molecular flexibility index (Phi) is 6.19. The molecule has 1 atom stereocenters. The van der Waals surface area contributed by atoms with Crippen molar-refractivity contribution < 1.29 is 9.53 Å². The average molecular weight is 382 g/mol. The van der Waals surface area contributed by atoms with Crippen LogP contribution in [0.25, 0.3) is 5.69 Å². The number of methoxy groups -OCH3 is 1. The second-order valence-corrected chi connectivity index (χ2v) is 7.54. The predicted molar refractivity (Wildman–Crippen MR) is 108 cm³/mol. The maximum absolute atomic E-state index is 12.5. The Morgan fingerprint density at radius 1 is 1.22 bits per heavy atom. The zero-order chi connectivity index (χ0) is 19.2. The molecule has 0 aliphatic rings. The van der Waals surface area contributed by atoms with Gasteiger partial charge in [0.2, 0.25) is 5.91 Å². The molecular formula is C21H23N3O2S. The van der Waals surface area contributed by atoms with E-state index in [0.29, 0.717) is 6.54 Å². The number of imidazole rings is 1. The van der Waals surface area contributed by atoms with Gasteiger partial charge in [-0.1, -0.05) is 18.2 Å². The molecule has 0 saturated heterocycles. The highest BCUT2D eigenvalue weighted by molar-refractivity contribution is 8.00. The fourth-order valence-corrected chi connectivity index (χ4v) is 3.66. The molecule has 1 unspecified atom stereocenters. The van der Waals surface area contributed by atoms with Crippen LogP contribution in [0.4, 0.5) is 0 Å². The number of hydrogen-bond acceptors (Lipinski definition) is 4. The van der Waals surface area contributed by atoms with Crippen LogP contribution in [0.3, 0.4) is 0 Å². The van der Waals surface area contributed by atoms with Crippen molar-refractivity contribution in [3.8, 4) is 11.4 Å². The van der Waals surface area contributed by atoms with Crippen LogP contribution in [0.15, 0.2) is 65.8 Å². The van der Waals surface area contributed by atoms with Gasteiger partial charge < -0.3 is 14.6 Å². The number of carbonyl (C=O) groups excluding carboxylic acids is 1. The average Bonchev–Trinajstić information content (AvgIpc) is 3.12. The molecule has 1 amide bonds. The van der Waals surface area contributed by atoms with Gasteiger partial charge in [0.15, 0.2) is 0 Å². The highest BCUT2D eigenvalue weighted by Gasteiger charge is 2.15. The lowest BCUT2D eigenvalue weighted by Gasteiger charge is -2.15. The molecule has 3 rings (SSSR count). The number of ether oxygens (including phenoxy) is 1. The Morgan fingerprint density at radius 2 is 1.96 bits per heavy atom.